The van der Waals surface area contributed by atoms with E-state index in [1.165, 1.54) is 0 Å². The van der Waals surface area contributed by atoms with E-state index in [1.54, 1.807) is 12.4 Å². The summed E-state index contributed by atoms with van der Waals surface area (Å²) < 4.78 is 2.68. The van der Waals surface area contributed by atoms with Crippen molar-refractivity contribution in [2.45, 2.75) is 6.92 Å². The van der Waals surface area contributed by atoms with E-state index in [9.17, 15) is 4.79 Å². The third-order valence-electron chi connectivity index (χ3n) is 2.83. The molecule has 0 unspecified atom stereocenters. The van der Waals surface area contributed by atoms with Crippen molar-refractivity contribution in [3.05, 3.63) is 40.3 Å². The Morgan fingerprint density at radius 2 is 2.00 bits per heavy atom. The zero-order valence-electron chi connectivity index (χ0n) is 9.57. The molecule has 0 fully saturated rings. The predicted molar refractivity (Wildman–Crippen MR) is 69.6 cm³/mol. The van der Waals surface area contributed by atoms with Crippen LogP contribution in [-0.2, 0) is 7.05 Å². The Morgan fingerprint density at radius 3 is 2.47 bits per heavy atom. The first-order valence-corrected chi connectivity index (χ1v) is 5.88. The summed E-state index contributed by atoms with van der Waals surface area (Å²) in [7, 11) is 1.91. The van der Waals surface area contributed by atoms with E-state index in [2.05, 4.69) is 20.9 Å². The van der Waals surface area contributed by atoms with Gasteiger partial charge in [-0.05, 0) is 35.0 Å². The van der Waals surface area contributed by atoms with Crippen LogP contribution < -0.4 is 5.73 Å². The van der Waals surface area contributed by atoms with Crippen LogP contribution in [0.5, 0.6) is 0 Å². The zero-order chi connectivity index (χ0) is 12.6. The summed E-state index contributed by atoms with van der Waals surface area (Å²) in [6, 6.07) is 3.79. The fourth-order valence-electron chi connectivity index (χ4n) is 1.88. The second-order valence-corrected chi connectivity index (χ2v) is 4.58. The topological polar surface area (TPSA) is 60.9 Å². The van der Waals surface area contributed by atoms with E-state index >= 15 is 0 Å². The Balaban J connectivity index is 2.72. The van der Waals surface area contributed by atoms with Crippen LogP contribution in [0.2, 0.25) is 0 Å². The van der Waals surface area contributed by atoms with Crippen LogP contribution in [0.3, 0.4) is 0 Å². The van der Waals surface area contributed by atoms with Gasteiger partial charge in [-0.15, -0.1) is 0 Å². The van der Waals surface area contributed by atoms with Crippen molar-refractivity contribution in [2.24, 2.45) is 12.8 Å². The van der Waals surface area contributed by atoms with Crippen LogP contribution in [0.25, 0.3) is 11.3 Å². The van der Waals surface area contributed by atoms with Gasteiger partial charge in [-0.2, -0.15) is 0 Å². The number of nitrogens with zero attached hydrogens (tertiary/aromatic N) is 2. The Kier molecular flexibility index (Phi) is 3.02. The van der Waals surface area contributed by atoms with E-state index in [-0.39, 0.29) is 0 Å². The van der Waals surface area contributed by atoms with E-state index < -0.39 is 5.91 Å². The maximum absolute atomic E-state index is 11.4. The number of nitrogens with two attached hydrogens (primary N) is 1. The smallest absolute Gasteiger partial charge is 0.251 e. The largest absolute Gasteiger partial charge is 0.366 e. The highest BCUT2D eigenvalue weighted by Crippen LogP contribution is 2.34. The van der Waals surface area contributed by atoms with Crippen LogP contribution >= 0.6 is 15.9 Å². The van der Waals surface area contributed by atoms with Crippen molar-refractivity contribution in [1.82, 2.24) is 9.55 Å². The maximum Gasteiger partial charge on any atom is 0.251 e. The van der Waals surface area contributed by atoms with Crippen molar-refractivity contribution < 1.29 is 4.79 Å². The van der Waals surface area contributed by atoms with Crippen molar-refractivity contribution in [3.63, 3.8) is 0 Å². The molecule has 88 valence electrons. The molecule has 5 heteroatoms. The third kappa shape index (κ3) is 1.86. The van der Waals surface area contributed by atoms with Crippen LogP contribution in [0.4, 0.5) is 0 Å². The molecule has 0 atom stereocenters. The number of carbonyl (C=O) groups excluding carboxylic acids is 1. The highest BCUT2D eigenvalue weighted by atomic mass is 79.9. The number of pyridine rings is 1. The van der Waals surface area contributed by atoms with Gasteiger partial charge in [0.25, 0.3) is 5.91 Å². The fourth-order valence-corrected chi connectivity index (χ4v) is 2.85. The lowest BCUT2D eigenvalue weighted by molar-refractivity contribution is 0.0999. The normalized spacial score (nSPS) is 10.5. The molecule has 0 aliphatic carbocycles. The lowest BCUT2D eigenvalue weighted by Crippen LogP contribution is -2.12. The second-order valence-electron chi connectivity index (χ2n) is 3.78. The molecule has 0 aliphatic heterocycles. The molecule has 17 heavy (non-hydrogen) atoms. The van der Waals surface area contributed by atoms with Gasteiger partial charge < -0.3 is 10.3 Å². The van der Waals surface area contributed by atoms with Crippen molar-refractivity contribution in [2.75, 3.05) is 0 Å². The quantitative estimate of drug-likeness (QED) is 0.923. The summed E-state index contributed by atoms with van der Waals surface area (Å²) in [6.45, 7) is 1.87. The number of aromatic nitrogens is 2. The molecule has 0 radical (unpaired) electrons. The molecule has 2 aromatic rings. The first-order chi connectivity index (χ1) is 8.04. The molecular weight excluding hydrogens is 282 g/mol. The number of hydrogen-bond acceptors (Lipinski definition) is 2. The Morgan fingerprint density at radius 1 is 1.41 bits per heavy atom. The summed E-state index contributed by atoms with van der Waals surface area (Å²) in [4.78, 5) is 15.4. The molecule has 4 nitrogen and oxygen atoms in total. The molecule has 0 saturated carbocycles. The lowest BCUT2D eigenvalue weighted by atomic mass is 10.1. The number of rotatable bonds is 2. The van der Waals surface area contributed by atoms with Crippen LogP contribution in [0, 0.1) is 6.92 Å². The maximum atomic E-state index is 11.4. The van der Waals surface area contributed by atoms with E-state index in [1.807, 2.05) is 30.7 Å². The van der Waals surface area contributed by atoms with Gasteiger partial charge >= 0.3 is 0 Å². The summed E-state index contributed by atoms with van der Waals surface area (Å²) >= 11 is 3.45. The third-order valence-corrected chi connectivity index (χ3v) is 3.60. The lowest BCUT2D eigenvalue weighted by Gasteiger charge is -2.05. The SMILES string of the molecule is Cc1c(C(N)=O)c(Br)c(-c2ccncc2)n1C. The molecule has 2 N–H and O–H groups in total. The predicted octanol–water partition coefficient (Wildman–Crippen LogP) is 2.26. The minimum absolute atomic E-state index is 0.426. The molecule has 2 heterocycles. The standard InChI is InChI=1S/C12H12BrN3O/c1-7-9(12(14)17)10(13)11(16(7)2)8-3-5-15-6-4-8/h3-6H,1-2H3,(H2,14,17). The van der Waals surface area contributed by atoms with Crippen LogP contribution in [-0.4, -0.2) is 15.5 Å². The number of halogens is 1. The van der Waals surface area contributed by atoms with Gasteiger partial charge in [0.2, 0.25) is 0 Å². The van der Waals surface area contributed by atoms with Crippen molar-refractivity contribution in [1.29, 1.82) is 0 Å². The molecule has 0 aliphatic rings. The monoisotopic (exact) mass is 293 g/mol. The highest BCUT2D eigenvalue weighted by molar-refractivity contribution is 9.10. The highest BCUT2D eigenvalue weighted by Gasteiger charge is 2.20. The van der Waals surface area contributed by atoms with Crippen molar-refractivity contribution in [3.8, 4) is 11.3 Å². The molecule has 0 bridgehead atoms. The number of amides is 1. The average molecular weight is 294 g/mol. The zero-order valence-corrected chi connectivity index (χ0v) is 11.2. The number of carbonyl (C=O) groups is 1. The van der Waals surface area contributed by atoms with E-state index in [4.69, 9.17) is 5.73 Å². The number of primary amides is 1. The van der Waals surface area contributed by atoms with Gasteiger partial charge in [-0.1, -0.05) is 0 Å². The van der Waals surface area contributed by atoms with Gasteiger partial charge in [-0.25, -0.2) is 0 Å². The fraction of sp³-hybridized carbons (Fsp3) is 0.167. The molecule has 0 spiro atoms. The number of hydrogen-bond donors (Lipinski definition) is 1. The Bertz CT molecular complexity index is 575. The molecule has 1 amide bonds. The van der Waals surface area contributed by atoms with Crippen molar-refractivity contribution >= 4 is 21.8 Å². The average Bonchev–Trinajstić information content (AvgIpc) is 2.51. The summed E-state index contributed by atoms with van der Waals surface area (Å²) in [5.41, 5.74) is 8.67. The molecular formula is C12H12BrN3O. The van der Waals surface area contributed by atoms with Gasteiger partial charge in [0.1, 0.15) is 0 Å². The first-order valence-electron chi connectivity index (χ1n) is 5.09. The minimum Gasteiger partial charge on any atom is -0.366 e. The summed E-state index contributed by atoms with van der Waals surface area (Å²) in [6.07, 6.45) is 3.43. The summed E-state index contributed by atoms with van der Waals surface area (Å²) in [5.74, 6) is -0.426. The Labute approximate surface area is 108 Å². The minimum atomic E-state index is -0.426. The molecule has 2 rings (SSSR count). The van der Waals surface area contributed by atoms with Gasteiger partial charge in [0.05, 0.1) is 15.7 Å². The Hall–Kier alpha value is -1.62. The van der Waals surface area contributed by atoms with Crippen LogP contribution in [0.1, 0.15) is 16.1 Å². The van der Waals surface area contributed by atoms with Gasteiger partial charge in [-0.3, -0.25) is 9.78 Å². The molecule has 0 saturated heterocycles. The van der Waals surface area contributed by atoms with Crippen LogP contribution in [0.15, 0.2) is 29.0 Å². The van der Waals surface area contributed by atoms with Gasteiger partial charge in [0.15, 0.2) is 0 Å². The second kappa shape index (κ2) is 4.33. The van der Waals surface area contributed by atoms with E-state index in [0.29, 0.717) is 5.56 Å². The first kappa shape index (κ1) is 11.9. The molecule has 2 aromatic heterocycles. The summed E-state index contributed by atoms with van der Waals surface area (Å²) in [5, 5.41) is 0. The molecule has 0 aromatic carbocycles. The van der Waals surface area contributed by atoms with Gasteiger partial charge in [0, 0.05) is 30.7 Å². The van der Waals surface area contributed by atoms with E-state index in [0.717, 1.165) is 21.4 Å².